The second-order valence-corrected chi connectivity index (χ2v) is 10.0. The van der Waals surface area contributed by atoms with E-state index in [4.69, 9.17) is 14.2 Å². The fourth-order valence-corrected chi connectivity index (χ4v) is 5.95. The van der Waals surface area contributed by atoms with Crippen LogP contribution in [0.1, 0.15) is 61.3 Å². The highest BCUT2D eigenvalue weighted by Crippen LogP contribution is 2.37. The summed E-state index contributed by atoms with van der Waals surface area (Å²) in [6.45, 7) is 4.80. The van der Waals surface area contributed by atoms with E-state index in [9.17, 15) is 0 Å². The minimum Gasteiger partial charge on any atom is -0.497 e. The zero-order valence-electron chi connectivity index (χ0n) is 20.6. The summed E-state index contributed by atoms with van der Waals surface area (Å²) in [6, 6.07) is 17.1. The molecule has 34 heavy (non-hydrogen) atoms. The fourth-order valence-electron chi connectivity index (χ4n) is 5.95. The van der Waals surface area contributed by atoms with E-state index in [0.717, 1.165) is 76.5 Å². The van der Waals surface area contributed by atoms with Crippen LogP contribution in [0.3, 0.4) is 0 Å². The molecule has 1 N–H and O–H groups in total. The van der Waals surface area contributed by atoms with E-state index in [-0.39, 0.29) is 0 Å². The van der Waals surface area contributed by atoms with Gasteiger partial charge < -0.3 is 19.5 Å². The lowest BCUT2D eigenvalue weighted by atomic mass is 9.86. The van der Waals surface area contributed by atoms with Crippen molar-refractivity contribution >= 4 is 0 Å². The molecule has 0 radical (unpaired) electrons. The highest BCUT2D eigenvalue weighted by atomic mass is 16.5. The molecule has 184 valence electrons. The molecule has 0 amide bonds. The average Bonchev–Trinajstić information content (AvgIpc) is 2.90. The number of piperidine rings is 1. The summed E-state index contributed by atoms with van der Waals surface area (Å²) in [5.41, 5.74) is 4.26. The normalized spacial score (nSPS) is 23.9. The van der Waals surface area contributed by atoms with Crippen LogP contribution in [-0.4, -0.2) is 57.0 Å². The number of rotatable bonds is 8. The summed E-state index contributed by atoms with van der Waals surface area (Å²) < 4.78 is 17.3. The van der Waals surface area contributed by atoms with Crippen molar-refractivity contribution in [3.05, 3.63) is 59.2 Å². The first-order valence-corrected chi connectivity index (χ1v) is 13.3. The van der Waals surface area contributed by atoms with Crippen molar-refractivity contribution in [2.75, 3.05) is 40.0 Å². The summed E-state index contributed by atoms with van der Waals surface area (Å²) in [5, 5.41) is 3.61. The number of nitrogens with zero attached hydrogens (tertiary/aromatic N) is 1. The standard InChI is InChI=1S/C29H40N2O3/c1-32-27-9-10-28-23(21-27)11-16-31(25-13-17-33-18-14-25)29(28)20-22-5-7-26(8-6-22)34-19-12-24-4-2-3-15-30-24/h5-10,21,24-25,29-30H,2-4,11-20H2,1H3. The van der Waals surface area contributed by atoms with E-state index in [2.05, 4.69) is 52.7 Å². The number of nitrogens with one attached hydrogen (secondary N) is 1. The molecule has 0 aliphatic carbocycles. The monoisotopic (exact) mass is 464 g/mol. The van der Waals surface area contributed by atoms with Crippen LogP contribution in [0.4, 0.5) is 0 Å². The van der Waals surface area contributed by atoms with Crippen molar-refractivity contribution in [2.24, 2.45) is 0 Å². The van der Waals surface area contributed by atoms with E-state index in [1.165, 1.54) is 36.0 Å². The van der Waals surface area contributed by atoms with Gasteiger partial charge in [-0.3, -0.25) is 4.90 Å². The highest BCUT2D eigenvalue weighted by Gasteiger charge is 2.33. The van der Waals surface area contributed by atoms with Gasteiger partial charge in [-0.1, -0.05) is 24.6 Å². The fraction of sp³-hybridized carbons (Fsp3) is 0.586. The van der Waals surface area contributed by atoms with Crippen molar-refractivity contribution < 1.29 is 14.2 Å². The van der Waals surface area contributed by atoms with Crippen LogP contribution in [0.5, 0.6) is 11.5 Å². The Labute approximate surface area is 204 Å². The van der Waals surface area contributed by atoms with Gasteiger partial charge in [0, 0.05) is 37.9 Å². The number of hydrogen-bond donors (Lipinski definition) is 1. The number of fused-ring (bicyclic) bond motifs is 1. The van der Waals surface area contributed by atoms with Crippen molar-refractivity contribution in [3.8, 4) is 11.5 Å². The molecular weight excluding hydrogens is 424 g/mol. The Bertz CT molecular complexity index is 904. The summed E-state index contributed by atoms with van der Waals surface area (Å²) in [6.07, 6.45) is 9.38. The Morgan fingerprint density at radius 1 is 1.00 bits per heavy atom. The first-order chi connectivity index (χ1) is 16.8. The Morgan fingerprint density at radius 3 is 2.59 bits per heavy atom. The third kappa shape index (κ3) is 5.76. The zero-order valence-corrected chi connectivity index (χ0v) is 20.6. The molecule has 2 fully saturated rings. The molecule has 2 aromatic rings. The van der Waals surface area contributed by atoms with E-state index < -0.39 is 0 Å². The Balaban J connectivity index is 1.26. The average molecular weight is 465 g/mol. The molecule has 3 aliphatic rings. The van der Waals surface area contributed by atoms with Crippen molar-refractivity contribution in [2.45, 2.75) is 69.5 Å². The van der Waals surface area contributed by atoms with E-state index in [0.29, 0.717) is 18.1 Å². The van der Waals surface area contributed by atoms with Gasteiger partial charge in [0.1, 0.15) is 11.5 Å². The molecule has 0 bridgehead atoms. The minimum atomic E-state index is 0.391. The van der Waals surface area contributed by atoms with Gasteiger partial charge in [0.2, 0.25) is 0 Å². The van der Waals surface area contributed by atoms with Gasteiger partial charge in [-0.2, -0.15) is 0 Å². The lowest BCUT2D eigenvalue weighted by molar-refractivity contribution is 0.0129. The molecule has 0 aromatic heterocycles. The quantitative estimate of drug-likeness (QED) is 0.600. The van der Waals surface area contributed by atoms with Crippen LogP contribution in [0.25, 0.3) is 0 Å². The first kappa shape index (κ1) is 23.7. The molecule has 3 aliphatic heterocycles. The molecular formula is C29H40N2O3. The highest BCUT2D eigenvalue weighted by molar-refractivity contribution is 5.40. The van der Waals surface area contributed by atoms with Gasteiger partial charge in [-0.25, -0.2) is 0 Å². The van der Waals surface area contributed by atoms with Gasteiger partial charge >= 0.3 is 0 Å². The van der Waals surface area contributed by atoms with Crippen LogP contribution < -0.4 is 14.8 Å². The third-order valence-corrected chi connectivity index (χ3v) is 7.91. The lowest BCUT2D eigenvalue weighted by Crippen LogP contribution is -2.46. The minimum absolute atomic E-state index is 0.391. The van der Waals surface area contributed by atoms with Crippen molar-refractivity contribution in [3.63, 3.8) is 0 Å². The molecule has 2 unspecified atom stereocenters. The Morgan fingerprint density at radius 2 is 1.82 bits per heavy atom. The maximum atomic E-state index is 6.07. The smallest absolute Gasteiger partial charge is 0.119 e. The van der Waals surface area contributed by atoms with Crippen LogP contribution >= 0.6 is 0 Å². The van der Waals surface area contributed by atoms with Crippen molar-refractivity contribution in [1.82, 2.24) is 10.2 Å². The number of methoxy groups -OCH3 is 1. The summed E-state index contributed by atoms with van der Waals surface area (Å²) in [5.74, 6) is 1.94. The van der Waals surface area contributed by atoms with Gasteiger partial charge in [0.25, 0.3) is 0 Å². The molecule has 3 heterocycles. The third-order valence-electron chi connectivity index (χ3n) is 7.91. The molecule has 2 aromatic carbocycles. The maximum Gasteiger partial charge on any atom is 0.119 e. The van der Waals surface area contributed by atoms with Gasteiger partial charge in [0.05, 0.1) is 13.7 Å². The second kappa shape index (κ2) is 11.6. The van der Waals surface area contributed by atoms with Crippen LogP contribution in [0, 0.1) is 0 Å². The van der Waals surface area contributed by atoms with Crippen molar-refractivity contribution in [1.29, 1.82) is 0 Å². The summed E-state index contributed by atoms with van der Waals surface area (Å²) >= 11 is 0. The van der Waals surface area contributed by atoms with Crippen LogP contribution in [0.15, 0.2) is 42.5 Å². The SMILES string of the molecule is COc1ccc2c(c1)CCN(C1CCOCC1)C2Cc1ccc(OCCC2CCCCN2)cc1. The zero-order chi connectivity index (χ0) is 23.2. The summed E-state index contributed by atoms with van der Waals surface area (Å²) in [7, 11) is 1.76. The Kier molecular flexibility index (Phi) is 8.05. The van der Waals surface area contributed by atoms with E-state index >= 15 is 0 Å². The predicted molar refractivity (Wildman–Crippen MR) is 136 cm³/mol. The second-order valence-electron chi connectivity index (χ2n) is 10.0. The molecule has 5 heteroatoms. The number of benzene rings is 2. The first-order valence-electron chi connectivity index (χ1n) is 13.3. The predicted octanol–water partition coefficient (Wildman–Crippen LogP) is 4.93. The molecule has 5 nitrogen and oxygen atoms in total. The van der Waals surface area contributed by atoms with E-state index in [1.54, 1.807) is 7.11 Å². The number of ether oxygens (including phenoxy) is 3. The summed E-state index contributed by atoms with van der Waals surface area (Å²) in [4.78, 5) is 2.75. The van der Waals surface area contributed by atoms with Gasteiger partial charge in [-0.05, 0) is 92.4 Å². The van der Waals surface area contributed by atoms with E-state index in [1.807, 2.05) is 0 Å². The van der Waals surface area contributed by atoms with Gasteiger partial charge in [0.15, 0.2) is 0 Å². The maximum absolute atomic E-state index is 6.07. The molecule has 2 atom stereocenters. The van der Waals surface area contributed by atoms with Gasteiger partial charge in [-0.15, -0.1) is 0 Å². The lowest BCUT2D eigenvalue weighted by Gasteiger charge is -2.44. The molecule has 2 saturated heterocycles. The number of hydrogen-bond acceptors (Lipinski definition) is 5. The molecule has 5 rings (SSSR count). The van der Waals surface area contributed by atoms with Crippen LogP contribution in [0.2, 0.25) is 0 Å². The largest absolute Gasteiger partial charge is 0.497 e. The Hall–Kier alpha value is -2.08. The topological polar surface area (TPSA) is 43.0 Å². The molecule has 0 spiro atoms. The molecule has 0 saturated carbocycles. The van der Waals surface area contributed by atoms with Crippen LogP contribution in [-0.2, 0) is 17.6 Å².